The molecule has 26 heavy (non-hydrogen) atoms. The summed E-state index contributed by atoms with van der Waals surface area (Å²) in [4.78, 5) is 17.3. The van der Waals surface area contributed by atoms with Crippen LogP contribution < -0.4 is 10.6 Å². The first-order valence-corrected chi connectivity index (χ1v) is 8.67. The molecule has 3 aromatic rings. The summed E-state index contributed by atoms with van der Waals surface area (Å²) in [5.74, 6) is 0.549. The maximum Gasteiger partial charge on any atom is 0.261 e. The first-order valence-electron chi connectivity index (χ1n) is 8.67. The number of carbonyl (C=O) groups is 1. The van der Waals surface area contributed by atoms with E-state index in [-0.39, 0.29) is 17.5 Å². The molecule has 6 heteroatoms. The second-order valence-electron chi connectivity index (χ2n) is 7.11. The maximum absolute atomic E-state index is 12.8. The van der Waals surface area contributed by atoms with E-state index in [1.807, 2.05) is 53.2 Å². The molecule has 0 aliphatic carbocycles. The van der Waals surface area contributed by atoms with Gasteiger partial charge in [-0.25, -0.2) is 4.68 Å². The summed E-state index contributed by atoms with van der Waals surface area (Å²) >= 11 is 0. The minimum absolute atomic E-state index is 0.0266. The highest BCUT2D eigenvalue weighted by Gasteiger charge is 2.37. The first kappa shape index (κ1) is 16.3. The minimum Gasteiger partial charge on any atom is -0.361 e. The van der Waals surface area contributed by atoms with Crippen molar-refractivity contribution in [3.05, 3.63) is 72.2 Å². The Morgan fingerprint density at radius 2 is 1.96 bits per heavy atom. The number of hydrogen-bond acceptors (Lipinski definition) is 4. The van der Waals surface area contributed by atoms with E-state index < -0.39 is 0 Å². The fraction of sp³-hybridized carbons (Fsp3) is 0.250. The van der Waals surface area contributed by atoms with Crippen molar-refractivity contribution < 1.29 is 4.79 Å². The fourth-order valence-corrected chi connectivity index (χ4v) is 3.40. The lowest BCUT2D eigenvalue weighted by Gasteiger charge is -2.37. The van der Waals surface area contributed by atoms with Crippen LogP contribution in [0.3, 0.4) is 0 Å². The van der Waals surface area contributed by atoms with Crippen molar-refractivity contribution in [3.63, 3.8) is 0 Å². The molecule has 1 amide bonds. The van der Waals surface area contributed by atoms with E-state index in [2.05, 4.69) is 34.6 Å². The Hall–Kier alpha value is -3.15. The topological polar surface area (TPSA) is 71.8 Å². The third-order valence-electron chi connectivity index (χ3n) is 4.68. The molecule has 1 aliphatic heterocycles. The van der Waals surface area contributed by atoms with Crippen LogP contribution in [0.15, 0.2) is 60.9 Å². The van der Waals surface area contributed by atoms with E-state index in [4.69, 9.17) is 0 Å². The summed E-state index contributed by atoms with van der Waals surface area (Å²) < 4.78 is 1.90. The Balaban J connectivity index is 1.67. The van der Waals surface area contributed by atoms with Gasteiger partial charge in [-0.2, -0.15) is 5.10 Å². The lowest BCUT2D eigenvalue weighted by atomic mass is 9.91. The number of carbonyl (C=O) groups excluding carboxylic acids is 1. The largest absolute Gasteiger partial charge is 0.361 e. The number of aromatic nitrogens is 3. The van der Waals surface area contributed by atoms with E-state index in [1.54, 1.807) is 12.4 Å². The Labute approximate surface area is 152 Å². The third-order valence-corrected chi connectivity index (χ3v) is 4.68. The van der Waals surface area contributed by atoms with Gasteiger partial charge >= 0.3 is 0 Å². The van der Waals surface area contributed by atoms with Crippen molar-refractivity contribution in [2.75, 3.05) is 10.6 Å². The third kappa shape index (κ3) is 2.94. The second-order valence-corrected chi connectivity index (χ2v) is 7.11. The molecule has 1 aliphatic rings. The molecule has 0 fully saturated rings. The number of benzene rings is 1. The quantitative estimate of drug-likeness (QED) is 0.755. The van der Waals surface area contributed by atoms with E-state index in [1.165, 1.54) is 0 Å². The van der Waals surface area contributed by atoms with Crippen LogP contribution in [-0.2, 0) is 5.54 Å². The summed E-state index contributed by atoms with van der Waals surface area (Å²) in [7, 11) is 0. The smallest absolute Gasteiger partial charge is 0.261 e. The van der Waals surface area contributed by atoms with Crippen molar-refractivity contribution in [1.82, 2.24) is 14.8 Å². The molecule has 2 N–H and O–H groups in total. The Kier molecular flexibility index (Phi) is 3.95. The van der Waals surface area contributed by atoms with Crippen LogP contribution in [-0.4, -0.2) is 20.7 Å². The number of hydrogen-bond donors (Lipinski definition) is 2. The fourth-order valence-electron chi connectivity index (χ4n) is 3.40. The number of nitrogens with zero attached hydrogens (tertiary/aromatic N) is 3. The number of pyridine rings is 1. The number of fused-ring (bicyclic) bond motifs is 1. The predicted molar refractivity (Wildman–Crippen MR) is 101 cm³/mol. The van der Waals surface area contributed by atoms with Crippen molar-refractivity contribution in [1.29, 1.82) is 0 Å². The molecule has 1 aromatic carbocycles. The van der Waals surface area contributed by atoms with Crippen molar-refractivity contribution in [2.24, 2.45) is 0 Å². The first-order chi connectivity index (χ1) is 12.5. The Morgan fingerprint density at radius 1 is 1.19 bits per heavy atom. The van der Waals surface area contributed by atoms with Crippen molar-refractivity contribution in [2.45, 2.75) is 31.8 Å². The highest BCUT2D eigenvalue weighted by molar-refractivity contribution is 6.07. The number of nitrogens with one attached hydrogen (secondary N) is 2. The summed E-state index contributed by atoms with van der Waals surface area (Å²) in [6, 6.07) is 15.3. The SMILES string of the molecule is CC1(C)CC(c2ccccn2)Nc2c(C(=O)Nc3ccccc3)cnn21. The van der Waals surface area contributed by atoms with E-state index in [0.717, 1.165) is 23.6 Å². The number of amides is 1. The van der Waals surface area contributed by atoms with Gasteiger partial charge in [0, 0.05) is 11.9 Å². The lowest BCUT2D eigenvalue weighted by molar-refractivity contribution is 0.102. The van der Waals surface area contributed by atoms with Crippen LogP contribution in [0, 0.1) is 0 Å². The average Bonchev–Trinajstić information content (AvgIpc) is 3.08. The highest BCUT2D eigenvalue weighted by Crippen LogP contribution is 2.39. The lowest BCUT2D eigenvalue weighted by Crippen LogP contribution is -2.38. The second kappa shape index (κ2) is 6.29. The molecule has 132 valence electrons. The summed E-state index contributed by atoms with van der Waals surface area (Å²) in [6.07, 6.45) is 4.25. The van der Waals surface area contributed by atoms with Crippen LogP contribution in [0.1, 0.15) is 42.4 Å². The number of rotatable bonds is 3. The van der Waals surface area contributed by atoms with Crippen LogP contribution in [0.25, 0.3) is 0 Å². The van der Waals surface area contributed by atoms with Gasteiger partial charge in [0.05, 0.1) is 23.5 Å². The van der Waals surface area contributed by atoms with Gasteiger partial charge in [-0.05, 0) is 44.5 Å². The van der Waals surface area contributed by atoms with Crippen LogP contribution in [0.2, 0.25) is 0 Å². The standard InChI is InChI=1S/C20H21N5O/c1-20(2)12-17(16-10-6-7-11-21-16)24-18-15(13-22-25(18)20)19(26)23-14-8-4-3-5-9-14/h3-11,13,17,24H,12H2,1-2H3,(H,23,26). The maximum atomic E-state index is 12.8. The zero-order valence-corrected chi connectivity index (χ0v) is 14.8. The summed E-state index contributed by atoms with van der Waals surface area (Å²) in [5, 5.41) is 10.9. The predicted octanol–water partition coefficient (Wildman–Crippen LogP) is 3.82. The zero-order valence-electron chi connectivity index (χ0n) is 14.8. The Bertz CT molecular complexity index is 918. The summed E-state index contributed by atoms with van der Waals surface area (Å²) in [6.45, 7) is 4.25. The number of anilines is 2. The normalized spacial score (nSPS) is 17.8. The molecular formula is C20H21N5O. The van der Waals surface area contributed by atoms with Gasteiger partial charge < -0.3 is 10.6 Å². The molecule has 0 saturated carbocycles. The van der Waals surface area contributed by atoms with Gasteiger partial charge in [0.15, 0.2) is 0 Å². The molecule has 1 atom stereocenters. The average molecular weight is 347 g/mol. The molecule has 2 aromatic heterocycles. The number of para-hydroxylation sites is 1. The molecule has 1 unspecified atom stereocenters. The van der Waals surface area contributed by atoms with E-state index in [0.29, 0.717) is 5.56 Å². The van der Waals surface area contributed by atoms with Crippen LogP contribution in [0.5, 0.6) is 0 Å². The molecule has 0 saturated heterocycles. The molecule has 0 radical (unpaired) electrons. The van der Waals surface area contributed by atoms with Gasteiger partial charge in [-0.3, -0.25) is 9.78 Å². The monoisotopic (exact) mass is 347 g/mol. The van der Waals surface area contributed by atoms with Crippen molar-refractivity contribution >= 4 is 17.4 Å². The molecule has 0 spiro atoms. The van der Waals surface area contributed by atoms with Crippen LogP contribution in [0.4, 0.5) is 11.5 Å². The minimum atomic E-state index is -0.228. The van der Waals surface area contributed by atoms with E-state index >= 15 is 0 Å². The van der Waals surface area contributed by atoms with Gasteiger partial charge in [0.2, 0.25) is 0 Å². The zero-order chi connectivity index (χ0) is 18.1. The van der Waals surface area contributed by atoms with Gasteiger partial charge in [0.1, 0.15) is 11.4 Å². The molecule has 6 nitrogen and oxygen atoms in total. The molecule has 0 bridgehead atoms. The molecule has 4 rings (SSSR count). The van der Waals surface area contributed by atoms with Gasteiger partial charge in [-0.1, -0.05) is 24.3 Å². The highest BCUT2D eigenvalue weighted by atomic mass is 16.1. The van der Waals surface area contributed by atoms with Crippen molar-refractivity contribution in [3.8, 4) is 0 Å². The van der Waals surface area contributed by atoms with Gasteiger partial charge in [-0.15, -0.1) is 0 Å². The van der Waals surface area contributed by atoms with E-state index in [9.17, 15) is 4.79 Å². The molecular weight excluding hydrogens is 326 g/mol. The summed E-state index contributed by atoms with van der Waals surface area (Å²) in [5.41, 5.74) is 2.02. The molecule has 3 heterocycles. The Morgan fingerprint density at radius 3 is 2.69 bits per heavy atom. The van der Waals surface area contributed by atoms with Crippen LogP contribution >= 0.6 is 0 Å². The van der Waals surface area contributed by atoms with Gasteiger partial charge in [0.25, 0.3) is 5.91 Å².